The van der Waals surface area contributed by atoms with Crippen molar-refractivity contribution in [3.05, 3.63) is 72.8 Å². The number of aromatic nitrogens is 4. The van der Waals surface area contributed by atoms with Crippen molar-refractivity contribution in [2.45, 2.75) is 0 Å². The summed E-state index contributed by atoms with van der Waals surface area (Å²) in [6, 6.07) is 12.5. The van der Waals surface area contributed by atoms with Crippen molar-refractivity contribution in [1.29, 1.82) is 0 Å². The quantitative estimate of drug-likeness (QED) is 0.507. The summed E-state index contributed by atoms with van der Waals surface area (Å²) in [6.07, 6.45) is 6.34. The van der Waals surface area contributed by atoms with Crippen molar-refractivity contribution in [1.82, 2.24) is 19.9 Å². The lowest BCUT2D eigenvalue weighted by Crippen LogP contribution is -2.12. The van der Waals surface area contributed by atoms with Crippen LogP contribution >= 0.6 is 0 Å². The average Bonchev–Trinajstić information content (AvgIpc) is 2.78. The van der Waals surface area contributed by atoms with Gasteiger partial charge in [-0.3, -0.25) is 14.8 Å². The SMILES string of the molecule is COCOc1ccc(-c2ncc3ncc(NC(=O)c4cccnc4)cc3n2)cc1. The number of rotatable bonds is 6. The molecule has 0 aliphatic heterocycles. The zero-order chi connectivity index (χ0) is 20.1. The molecular weight excluding hydrogens is 370 g/mol. The summed E-state index contributed by atoms with van der Waals surface area (Å²) in [5.41, 5.74) is 3.10. The van der Waals surface area contributed by atoms with Crippen LogP contribution in [0.2, 0.25) is 0 Å². The maximum atomic E-state index is 12.3. The second-order valence-corrected chi connectivity index (χ2v) is 6.09. The summed E-state index contributed by atoms with van der Waals surface area (Å²) >= 11 is 0. The summed E-state index contributed by atoms with van der Waals surface area (Å²) in [7, 11) is 1.57. The summed E-state index contributed by atoms with van der Waals surface area (Å²) in [4.78, 5) is 29.5. The molecule has 0 spiro atoms. The third-order valence-corrected chi connectivity index (χ3v) is 4.07. The van der Waals surface area contributed by atoms with E-state index in [1.54, 1.807) is 43.9 Å². The Labute approximate surface area is 166 Å². The number of nitrogens with one attached hydrogen (secondary N) is 1. The third-order valence-electron chi connectivity index (χ3n) is 4.07. The lowest BCUT2D eigenvalue weighted by Gasteiger charge is -2.07. The molecule has 4 aromatic rings. The van der Waals surface area contributed by atoms with Crippen LogP contribution in [0.5, 0.6) is 5.75 Å². The van der Waals surface area contributed by atoms with E-state index < -0.39 is 0 Å². The van der Waals surface area contributed by atoms with E-state index in [9.17, 15) is 4.79 Å². The molecule has 29 heavy (non-hydrogen) atoms. The molecule has 3 heterocycles. The van der Waals surface area contributed by atoms with Crippen LogP contribution in [0.1, 0.15) is 10.4 Å². The van der Waals surface area contributed by atoms with Gasteiger partial charge in [-0.05, 0) is 42.5 Å². The number of anilines is 1. The molecule has 1 N–H and O–H groups in total. The lowest BCUT2D eigenvalue weighted by molar-refractivity contribution is 0.0511. The van der Waals surface area contributed by atoms with Crippen LogP contribution in [0.4, 0.5) is 5.69 Å². The van der Waals surface area contributed by atoms with Crippen molar-refractivity contribution < 1.29 is 14.3 Å². The first kappa shape index (κ1) is 18.5. The molecule has 1 amide bonds. The number of carbonyl (C=O) groups is 1. The summed E-state index contributed by atoms with van der Waals surface area (Å²) < 4.78 is 10.3. The predicted molar refractivity (Wildman–Crippen MR) is 107 cm³/mol. The van der Waals surface area contributed by atoms with Crippen molar-refractivity contribution >= 4 is 22.6 Å². The molecule has 8 heteroatoms. The molecule has 4 rings (SSSR count). The average molecular weight is 387 g/mol. The van der Waals surface area contributed by atoms with Gasteiger partial charge in [0.15, 0.2) is 12.6 Å². The monoisotopic (exact) mass is 387 g/mol. The standard InChI is InChI=1S/C21H17N5O3/c1-28-13-29-17-6-4-14(5-7-17)20-24-12-19-18(26-20)9-16(11-23-19)25-21(27)15-3-2-8-22-10-15/h2-12H,13H2,1H3,(H,25,27). The Balaban J connectivity index is 1.57. The smallest absolute Gasteiger partial charge is 0.257 e. The van der Waals surface area contributed by atoms with Crippen molar-refractivity contribution in [3.8, 4) is 17.1 Å². The summed E-state index contributed by atoms with van der Waals surface area (Å²) in [5, 5.41) is 2.81. The van der Waals surface area contributed by atoms with E-state index in [0.29, 0.717) is 33.9 Å². The molecule has 144 valence electrons. The number of amides is 1. The maximum absolute atomic E-state index is 12.3. The zero-order valence-corrected chi connectivity index (χ0v) is 15.6. The number of carbonyl (C=O) groups excluding carboxylic acids is 1. The number of fused-ring (bicyclic) bond motifs is 1. The zero-order valence-electron chi connectivity index (χ0n) is 15.6. The highest BCUT2D eigenvalue weighted by Crippen LogP contribution is 2.22. The van der Waals surface area contributed by atoms with Crippen LogP contribution in [-0.2, 0) is 4.74 Å². The number of hydrogen-bond donors (Lipinski definition) is 1. The van der Waals surface area contributed by atoms with Gasteiger partial charge in [-0.15, -0.1) is 0 Å². The molecule has 1 aromatic carbocycles. The van der Waals surface area contributed by atoms with Crippen LogP contribution in [-0.4, -0.2) is 39.7 Å². The van der Waals surface area contributed by atoms with Gasteiger partial charge in [-0.1, -0.05) is 0 Å². The van der Waals surface area contributed by atoms with Crippen molar-refractivity contribution in [3.63, 3.8) is 0 Å². The Kier molecular flexibility index (Phi) is 5.35. The van der Waals surface area contributed by atoms with Crippen LogP contribution in [0.3, 0.4) is 0 Å². The Bertz CT molecular complexity index is 1130. The maximum Gasteiger partial charge on any atom is 0.257 e. The van der Waals surface area contributed by atoms with Gasteiger partial charge in [0.2, 0.25) is 0 Å². The van der Waals surface area contributed by atoms with Gasteiger partial charge in [0.25, 0.3) is 5.91 Å². The van der Waals surface area contributed by atoms with Crippen LogP contribution < -0.4 is 10.1 Å². The first-order valence-electron chi connectivity index (χ1n) is 8.79. The van der Waals surface area contributed by atoms with Crippen LogP contribution in [0.25, 0.3) is 22.4 Å². The van der Waals surface area contributed by atoms with E-state index >= 15 is 0 Å². The van der Waals surface area contributed by atoms with Gasteiger partial charge < -0.3 is 14.8 Å². The second-order valence-electron chi connectivity index (χ2n) is 6.09. The molecule has 0 fully saturated rings. The first-order chi connectivity index (χ1) is 14.2. The van der Waals surface area contributed by atoms with Gasteiger partial charge in [0.1, 0.15) is 11.3 Å². The van der Waals surface area contributed by atoms with E-state index in [0.717, 1.165) is 5.56 Å². The molecule has 0 saturated carbocycles. The Hall–Kier alpha value is -3.91. The first-order valence-corrected chi connectivity index (χ1v) is 8.79. The molecular formula is C21H17N5O3. The third kappa shape index (κ3) is 4.33. The van der Waals surface area contributed by atoms with E-state index in [2.05, 4.69) is 25.3 Å². The number of pyridine rings is 2. The molecule has 3 aromatic heterocycles. The van der Waals surface area contributed by atoms with Gasteiger partial charge >= 0.3 is 0 Å². The number of nitrogens with zero attached hydrogens (tertiary/aromatic N) is 4. The normalized spacial score (nSPS) is 10.7. The molecule has 0 aliphatic carbocycles. The fourth-order valence-corrected chi connectivity index (χ4v) is 2.65. The highest BCUT2D eigenvalue weighted by Gasteiger charge is 2.09. The number of hydrogen-bond acceptors (Lipinski definition) is 7. The van der Waals surface area contributed by atoms with Gasteiger partial charge in [-0.2, -0.15) is 0 Å². The molecule has 0 radical (unpaired) electrons. The molecule has 0 saturated heterocycles. The Morgan fingerprint density at radius 3 is 2.66 bits per heavy atom. The molecule has 0 unspecified atom stereocenters. The lowest BCUT2D eigenvalue weighted by atomic mass is 10.2. The molecule has 8 nitrogen and oxygen atoms in total. The largest absolute Gasteiger partial charge is 0.468 e. The van der Waals surface area contributed by atoms with E-state index in [-0.39, 0.29) is 12.7 Å². The number of methoxy groups -OCH3 is 1. The van der Waals surface area contributed by atoms with Crippen molar-refractivity contribution in [2.75, 3.05) is 19.2 Å². The molecule has 0 bridgehead atoms. The van der Waals surface area contributed by atoms with Gasteiger partial charge in [-0.25, -0.2) is 9.97 Å². The fourth-order valence-electron chi connectivity index (χ4n) is 2.65. The molecule has 0 aliphatic rings. The van der Waals surface area contributed by atoms with Crippen LogP contribution in [0, 0.1) is 0 Å². The van der Waals surface area contributed by atoms with Crippen LogP contribution in [0.15, 0.2) is 67.3 Å². The minimum atomic E-state index is -0.264. The Morgan fingerprint density at radius 1 is 1.03 bits per heavy atom. The minimum Gasteiger partial charge on any atom is -0.468 e. The highest BCUT2D eigenvalue weighted by atomic mass is 16.7. The van der Waals surface area contributed by atoms with Crippen molar-refractivity contribution in [2.24, 2.45) is 0 Å². The predicted octanol–water partition coefficient (Wildman–Crippen LogP) is 3.32. The topological polar surface area (TPSA) is 99.1 Å². The molecule has 0 atom stereocenters. The minimum absolute atomic E-state index is 0.186. The summed E-state index contributed by atoms with van der Waals surface area (Å²) in [5.74, 6) is 0.979. The van der Waals surface area contributed by atoms with E-state index in [1.165, 1.54) is 6.20 Å². The number of ether oxygens (including phenoxy) is 2. The van der Waals surface area contributed by atoms with E-state index in [1.807, 2.05) is 24.3 Å². The van der Waals surface area contributed by atoms with Gasteiger partial charge in [0, 0.05) is 25.1 Å². The van der Waals surface area contributed by atoms with Gasteiger partial charge in [0.05, 0.1) is 29.2 Å². The highest BCUT2D eigenvalue weighted by molar-refractivity contribution is 6.04. The summed E-state index contributed by atoms with van der Waals surface area (Å²) in [6.45, 7) is 0.186. The second kappa shape index (κ2) is 8.41. The fraction of sp³-hybridized carbons (Fsp3) is 0.0952. The number of benzene rings is 1. The van der Waals surface area contributed by atoms with E-state index in [4.69, 9.17) is 9.47 Å². The Morgan fingerprint density at radius 2 is 1.90 bits per heavy atom.